The van der Waals surface area contributed by atoms with E-state index in [1.54, 1.807) is 0 Å². The van der Waals surface area contributed by atoms with E-state index in [0.717, 1.165) is 18.5 Å². The number of amides is 1. The molecule has 0 saturated heterocycles. The molecule has 0 bridgehead atoms. The molecule has 92 valence electrons. The van der Waals surface area contributed by atoms with Crippen LogP contribution in [0.25, 0.3) is 0 Å². The maximum absolute atomic E-state index is 12.2. The van der Waals surface area contributed by atoms with Gasteiger partial charge in [0.2, 0.25) is 5.91 Å². The normalized spacial score (nSPS) is 18.5. The molecule has 1 N–H and O–H groups in total. The Morgan fingerprint density at radius 1 is 1.41 bits per heavy atom. The Kier molecular flexibility index (Phi) is 3.36. The standard InChI is InChI=1S/C14H20N2O/c1-10(2)16(3)14(17)13-9-8-11-6-4-5-7-12(11)15-13/h4-7,10,13,15H,8-9H2,1-3H3. The lowest BCUT2D eigenvalue weighted by atomic mass is 9.97. The van der Waals surface area contributed by atoms with Crippen LogP contribution in [0.5, 0.6) is 0 Å². The summed E-state index contributed by atoms with van der Waals surface area (Å²) < 4.78 is 0. The Morgan fingerprint density at radius 2 is 2.12 bits per heavy atom. The van der Waals surface area contributed by atoms with Gasteiger partial charge in [0.1, 0.15) is 6.04 Å². The van der Waals surface area contributed by atoms with E-state index >= 15 is 0 Å². The van der Waals surface area contributed by atoms with E-state index in [2.05, 4.69) is 11.4 Å². The zero-order valence-corrected chi connectivity index (χ0v) is 10.7. The Labute approximate surface area is 103 Å². The first-order valence-corrected chi connectivity index (χ1v) is 6.20. The third-order valence-electron chi connectivity index (χ3n) is 3.47. The predicted molar refractivity (Wildman–Crippen MR) is 70.1 cm³/mol. The molecule has 0 radical (unpaired) electrons. The van der Waals surface area contributed by atoms with Crippen molar-refractivity contribution in [3.63, 3.8) is 0 Å². The van der Waals surface area contributed by atoms with Crippen molar-refractivity contribution in [2.24, 2.45) is 0 Å². The quantitative estimate of drug-likeness (QED) is 0.848. The highest BCUT2D eigenvalue weighted by Gasteiger charge is 2.26. The highest BCUT2D eigenvalue weighted by molar-refractivity contribution is 5.85. The molecule has 1 aliphatic rings. The predicted octanol–water partition coefficient (Wildman–Crippen LogP) is 2.28. The van der Waals surface area contributed by atoms with Crippen molar-refractivity contribution in [3.05, 3.63) is 29.8 Å². The van der Waals surface area contributed by atoms with Gasteiger partial charge in [-0.05, 0) is 38.3 Å². The zero-order valence-electron chi connectivity index (χ0n) is 10.7. The second kappa shape index (κ2) is 4.78. The highest BCUT2D eigenvalue weighted by Crippen LogP contribution is 2.25. The van der Waals surface area contributed by atoms with Crippen molar-refractivity contribution in [1.82, 2.24) is 4.90 Å². The van der Waals surface area contributed by atoms with Crippen LogP contribution in [0.2, 0.25) is 0 Å². The van der Waals surface area contributed by atoms with E-state index in [0.29, 0.717) is 0 Å². The van der Waals surface area contributed by atoms with Gasteiger partial charge in [0.15, 0.2) is 0 Å². The molecule has 1 heterocycles. The minimum atomic E-state index is -0.0719. The van der Waals surface area contributed by atoms with Gasteiger partial charge in [0.25, 0.3) is 0 Å². The summed E-state index contributed by atoms with van der Waals surface area (Å²) in [5.41, 5.74) is 2.41. The fourth-order valence-electron chi connectivity index (χ4n) is 2.12. The monoisotopic (exact) mass is 232 g/mol. The lowest BCUT2D eigenvalue weighted by Gasteiger charge is -2.31. The van der Waals surface area contributed by atoms with Gasteiger partial charge in [-0.15, -0.1) is 0 Å². The van der Waals surface area contributed by atoms with Gasteiger partial charge in [-0.1, -0.05) is 18.2 Å². The highest BCUT2D eigenvalue weighted by atomic mass is 16.2. The summed E-state index contributed by atoms with van der Waals surface area (Å²) in [7, 11) is 1.87. The summed E-state index contributed by atoms with van der Waals surface area (Å²) >= 11 is 0. The third kappa shape index (κ3) is 2.43. The van der Waals surface area contributed by atoms with Gasteiger partial charge >= 0.3 is 0 Å². The second-order valence-electron chi connectivity index (χ2n) is 4.94. The summed E-state index contributed by atoms with van der Waals surface area (Å²) in [4.78, 5) is 14.0. The van der Waals surface area contributed by atoms with Crippen molar-refractivity contribution >= 4 is 11.6 Å². The number of likely N-dealkylation sites (N-methyl/N-ethyl adjacent to an activating group) is 1. The molecular formula is C14H20N2O. The van der Waals surface area contributed by atoms with Crippen LogP contribution in [0.15, 0.2) is 24.3 Å². The Bertz CT molecular complexity index is 414. The van der Waals surface area contributed by atoms with E-state index in [9.17, 15) is 4.79 Å². The minimum Gasteiger partial charge on any atom is -0.373 e. The molecule has 0 fully saturated rings. The maximum Gasteiger partial charge on any atom is 0.245 e. The van der Waals surface area contributed by atoms with Crippen LogP contribution in [0.3, 0.4) is 0 Å². The molecule has 1 aromatic rings. The zero-order chi connectivity index (χ0) is 12.4. The topological polar surface area (TPSA) is 32.3 Å². The van der Waals surface area contributed by atoms with E-state index in [1.807, 2.05) is 44.0 Å². The first-order valence-electron chi connectivity index (χ1n) is 6.20. The fourth-order valence-corrected chi connectivity index (χ4v) is 2.12. The molecule has 1 unspecified atom stereocenters. The fraction of sp³-hybridized carbons (Fsp3) is 0.500. The van der Waals surface area contributed by atoms with Crippen LogP contribution in [0.1, 0.15) is 25.8 Å². The van der Waals surface area contributed by atoms with Crippen molar-refractivity contribution < 1.29 is 4.79 Å². The molecule has 0 spiro atoms. The van der Waals surface area contributed by atoms with E-state index < -0.39 is 0 Å². The SMILES string of the molecule is CC(C)N(C)C(=O)C1CCc2ccccc2N1. The molecule has 1 aromatic carbocycles. The molecular weight excluding hydrogens is 212 g/mol. The number of hydrogen-bond acceptors (Lipinski definition) is 2. The Balaban J connectivity index is 2.10. The minimum absolute atomic E-state index is 0.0719. The number of nitrogens with zero attached hydrogens (tertiary/aromatic N) is 1. The molecule has 0 aromatic heterocycles. The average Bonchev–Trinajstić information content (AvgIpc) is 2.36. The summed E-state index contributed by atoms with van der Waals surface area (Å²) in [6.07, 6.45) is 1.86. The number of benzene rings is 1. The molecule has 1 amide bonds. The molecule has 17 heavy (non-hydrogen) atoms. The van der Waals surface area contributed by atoms with Gasteiger partial charge < -0.3 is 10.2 Å². The van der Waals surface area contributed by atoms with Crippen molar-refractivity contribution in [2.45, 2.75) is 38.8 Å². The van der Waals surface area contributed by atoms with Crippen molar-refractivity contribution in [2.75, 3.05) is 12.4 Å². The molecule has 1 atom stereocenters. The molecule has 1 aliphatic heterocycles. The smallest absolute Gasteiger partial charge is 0.245 e. The Hall–Kier alpha value is -1.51. The maximum atomic E-state index is 12.2. The van der Waals surface area contributed by atoms with Gasteiger partial charge in [-0.3, -0.25) is 4.79 Å². The van der Waals surface area contributed by atoms with E-state index in [-0.39, 0.29) is 18.0 Å². The van der Waals surface area contributed by atoms with Gasteiger partial charge in [-0.2, -0.15) is 0 Å². The van der Waals surface area contributed by atoms with Crippen LogP contribution in [0.4, 0.5) is 5.69 Å². The number of anilines is 1. The molecule has 2 rings (SSSR count). The van der Waals surface area contributed by atoms with Crippen molar-refractivity contribution in [1.29, 1.82) is 0 Å². The van der Waals surface area contributed by atoms with Crippen LogP contribution in [-0.2, 0) is 11.2 Å². The van der Waals surface area contributed by atoms with Crippen LogP contribution < -0.4 is 5.32 Å². The number of nitrogens with one attached hydrogen (secondary N) is 1. The number of carbonyl (C=O) groups is 1. The van der Waals surface area contributed by atoms with E-state index in [4.69, 9.17) is 0 Å². The third-order valence-corrected chi connectivity index (χ3v) is 3.47. The second-order valence-corrected chi connectivity index (χ2v) is 4.94. The lowest BCUT2D eigenvalue weighted by Crippen LogP contribution is -2.45. The number of aryl methyl sites for hydroxylation is 1. The first-order chi connectivity index (χ1) is 8.09. The van der Waals surface area contributed by atoms with E-state index in [1.165, 1.54) is 5.56 Å². The largest absolute Gasteiger partial charge is 0.373 e. The van der Waals surface area contributed by atoms with Gasteiger partial charge in [0.05, 0.1) is 0 Å². The number of hydrogen-bond donors (Lipinski definition) is 1. The Morgan fingerprint density at radius 3 is 2.82 bits per heavy atom. The summed E-state index contributed by atoms with van der Waals surface area (Å²) in [6.45, 7) is 4.07. The van der Waals surface area contributed by atoms with Crippen LogP contribution in [0, 0.1) is 0 Å². The average molecular weight is 232 g/mol. The molecule has 3 nitrogen and oxygen atoms in total. The lowest BCUT2D eigenvalue weighted by molar-refractivity contribution is -0.132. The number of rotatable bonds is 2. The summed E-state index contributed by atoms with van der Waals surface area (Å²) in [5.74, 6) is 0.189. The van der Waals surface area contributed by atoms with Crippen LogP contribution >= 0.6 is 0 Å². The van der Waals surface area contributed by atoms with Gasteiger partial charge in [-0.25, -0.2) is 0 Å². The van der Waals surface area contributed by atoms with Gasteiger partial charge in [0, 0.05) is 18.8 Å². The number of fused-ring (bicyclic) bond motifs is 1. The summed E-state index contributed by atoms with van der Waals surface area (Å²) in [5, 5.41) is 3.34. The molecule has 0 saturated carbocycles. The van der Waals surface area contributed by atoms with Crippen LogP contribution in [-0.4, -0.2) is 29.9 Å². The first kappa shape index (κ1) is 12.0. The molecule has 0 aliphatic carbocycles. The molecule has 3 heteroatoms. The number of para-hydroxylation sites is 1. The number of carbonyl (C=O) groups excluding carboxylic acids is 1. The summed E-state index contributed by atoms with van der Waals surface area (Å²) in [6, 6.07) is 8.39. The van der Waals surface area contributed by atoms with Crippen molar-refractivity contribution in [3.8, 4) is 0 Å².